The maximum absolute atomic E-state index is 13.9. The minimum Gasteiger partial charge on any atom is -0.491 e. The van der Waals surface area contributed by atoms with E-state index in [1.165, 1.54) is 6.07 Å². The second kappa shape index (κ2) is 9.99. The van der Waals surface area contributed by atoms with Crippen molar-refractivity contribution >= 4 is 11.9 Å². The summed E-state index contributed by atoms with van der Waals surface area (Å²) in [5.74, 6) is 0.748. The highest BCUT2D eigenvalue weighted by Crippen LogP contribution is 2.18. The molecule has 1 unspecified atom stereocenters. The van der Waals surface area contributed by atoms with E-state index in [9.17, 15) is 9.18 Å². The average molecular weight is 364 g/mol. The maximum Gasteiger partial charge on any atom is 0.222 e. The molecule has 6 nitrogen and oxygen atoms in total. The molecule has 0 spiro atoms. The van der Waals surface area contributed by atoms with Crippen LogP contribution in [-0.2, 0) is 11.3 Å². The number of likely N-dealkylation sites (tertiary alicyclic amines) is 1. The van der Waals surface area contributed by atoms with E-state index in [0.717, 1.165) is 25.1 Å². The Balaban J connectivity index is 1.96. The lowest BCUT2D eigenvalue weighted by atomic mass is 10.2. The average Bonchev–Trinajstić information content (AvgIpc) is 3.10. The number of ether oxygens (including phenoxy) is 1. The summed E-state index contributed by atoms with van der Waals surface area (Å²) < 4.78 is 19.2. The smallest absolute Gasteiger partial charge is 0.222 e. The highest BCUT2D eigenvalue weighted by Gasteiger charge is 2.25. The lowest BCUT2D eigenvalue weighted by Crippen LogP contribution is -2.45. The van der Waals surface area contributed by atoms with Gasteiger partial charge in [0.15, 0.2) is 17.5 Å². The molecule has 1 amide bonds. The van der Waals surface area contributed by atoms with Gasteiger partial charge in [-0.3, -0.25) is 4.79 Å². The number of carbonyl (C=O) groups excluding carboxylic acids is 1. The fraction of sp³-hybridized carbons (Fsp3) is 0.579. The van der Waals surface area contributed by atoms with Crippen molar-refractivity contribution in [2.24, 2.45) is 4.99 Å². The highest BCUT2D eigenvalue weighted by molar-refractivity contribution is 5.80. The summed E-state index contributed by atoms with van der Waals surface area (Å²) in [6.45, 7) is 8.69. The summed E-state index contributed by atoms with van der Waals surface area (Å²) in [6.07, 6.45) is 1.43. The predicted octanol–water partition coefficient (Wildman–Crippen LogP) is 2.29. The van der Waals surface area contributed by atoms with Crippen molar-refractivity contribution in [1.29, 1.82) is 0 Å². The second-order valence-corrected chi connectivity index (χ2v) is 6.22. The number of rotatable bonds is 7. The SMILES string of the molecule is CCNC(=NCc1ccc(OCC)c(F)c1)NC1CCN(C(=O)CC)C1. The maximum atomic E-state index is 13.9. The first-order chi connectivity index (χ1) is 12.6. The van der Waals surface area contributed by atoms with E-state index in [0.29, 0.717) is 32.1 Å². The van der Waals surface area contributed by atoms with Crippen molar-refractivity contribution in [3.63, 3.8) is 0 Å². The largest absolute Gasteiger partial charge is 0.491 e. The first-order valence-electron chi connectivity index (χ1n) is 9.31. The van der Waals surface area contributed by atoms with E-state index >= 15 is 0 Å². The van der Waals surface area contributed by atoms with E-state index in [2.05, 4.69) is 15.6 Å². The molecule has 2 N–H and O–H groups in total. The summed E-state index contributed by atoms with van der Waals surface area (Å²) in [6, 6.07) is 5.09. The molecule has 0 bridgehead atoms. The van der Waals surface area contributed by atoms with Crippen molar-refractivity contribution in [2.75, 3.05) is 26.2 Å². The van der Waals surface area contributed by atoms with Crippen LogP contribution in [0.5, 0.6) is 5.75 Å². The van der Waals surface area contributed by atoms with E-state index in [1.807, 2.05) is 31.7 Å². The number of nitrogens with one attached hydrogen (secondary N) is 2. The third kappa shape index (κ3) is 5.61. The number of aliphatic imine (C=N–C) groups is 1. The van der Waals surface area contributed by atoms with Crippen LogP contribution in [-0.4, -0.2) is 49.0 Å². The molecule has 1 heterocycles. The Bertz CT molecular complexity index is 636. The van der Waals surface area contributed by atoms with Gasteiger partial charge in [0, 0.05) is 32.1 Å². The van der Waals surface area contributed by atoms with Crippen LogP contribution in [0.15, 0.2) is 23.2 Å². The van der Waals surface area contributed by atoms with Gasteiger partial charge in [-0.05, 0) is 38.0 Å². The van der Waals surface area contributed by atoms with Gasteiger partial charge in [0.2, 0.25) is 5.91 Å². The molecule has 1 aromatic rings. The van der Waals surface area contributed by atoms with Gasteiger partial charge in [-0.2, -0.15) is 0 Å². The molecule has 1 aliphatic rings. The number of halogens is 1. The van der Waals surface area contributed by atoms with Gasteiger partial charge in [-0.15, -0.1) is 0 Å². The van der Waals surface area contributed by atoms with Crippen LogP contribution < -0.4 is 15.4 Å². The quantitative estimate of drug-likeness (QED) is 0.576. The molecule has 1 aliphatic heterocycles. The molecule has 1 fully saturated rings. The summed E-state index contributed by atoms with van der Waals surface area (Å²) in [5, 5.41) is 6.57. The lowest BCUT2D eigenvalue weighted by Gasteiger charge is -2.18. The fourth-order valence-electron chi connectivity index (χ4n) is 2.93. The van der Waals surface area contributed by atoms with Crippen molar-refractivity contribution in [2.45, 2.75) is 46.2 Å². The van der Waals surface area contributed by atoms with Crippen LogP contribution in [0.1, 0.15) is 39.2 Å². The Hall–Kier alpha value is -2.31. The van der Waals surface area contributed by atoms with Gasteiger partial charge in [0.25, 0.3) is 0 Å². The van der Waals surface area contributed by atoms with Crippen molar-refractivity contribution < 1.29 is 13.9 Å². The zero-order valence-corrected chi connectivity index (χ0v) is 15.8. The normalized spacial score (nSPS) is 17.3. The number of benzene rings is 1. The number of hydrogen-bond donors (Lipinski definition) is 2. The molecule has 1 saturated heterocycles. The second-order valence-electron chi connectivity index (χ2n) is 6.22. The molecule has 0 aliphatic carbocycles. The first kappa shape index (κ1) is 20.0. The molecule has 26 heavy (non-hydrogen) atoms. The fourth-order valence-corrected chi connectivity index (χ4v) is 2.93. The standard InChI is InChI=1S/C19H29FN4O2/c1-4-18(25)24-10-9-15(13-24)23-19(21-5-2)22-12-14-7-8-17(26-6-3)16(20)11-14/h7-8,11,15H,4-6,9-10,12-13H2,1-3H3,(H2,21,22,23). The van der Waals surface area contributed by atoms with E-state index in [-0.39, 0.29) is 23.5 Å². The summed E-state index contributed by atoms with van der Waals surface area (Å²) >= 11 is 0. The topological polar surface area (TPSA) is 66.0 Å². The Kier molecular flexibility index (Phi) is 7.69. The van der Waals surface area contributed by atoms with Crippen LogP contribution in [0.25, 0.3) is 0 Å². The van der Waals surface area contributed by atoms with Gasteiger partial charge in [-0.25, -0.2) is 9.38 Å². The predicted molar refractivity (Wildman–Crippen MR) is 101 cm³/mol. The molecule has 0 aromatic heterocycles. The number of guanidine groups is 1. The third-order valence-corrected chi connectivity index (χ3v) is 4.24. The van der Waals surface area contributed by atoms with Gasteiger partial charge >= 0.3 is 0 Å². The number of carbonyl (C=O) groups is 1. The van der Waals surface area contributed by atoms with Crippen LogP contribution >= 0.6 is 0 Å². The van der Waals surface area contributed by atoms with Crippen LogP contribution in [0.3, 0.4) is 0 Å². The van der Waals surface area contributed by atoms with Gasteiger partial charge in [-0.1, -0.05) is 13.0 Å². The van der Waals surface area contributed by atoms with E-state index < -0.39 is 0 Å². The van der Waals surface area contributed by atoms with Gasteiger partial charge in [0.05, 0.1) is 13.2 Å². The third-order valence-electron chi connectivity index (χ3n) is 4.24. The number of hydrogen-bond acceptors (Lipinski definition) is 3. The Morgan fingerprint density at radius 1 is 1.38 bits per heavy atom. The van der Waals surface area contributed by atoms with Crippen molar-refractivity contribution in [3.05, 3.63) is 29.6 Å². The summed E-state index contributed by atoms with van der Waals surface area (Å²) in [4.78, 5) is 18.2. The molecule has 2 rings (SSSR count). The molecule has 0 saturated carbocycles. The van der Waals surface area contributed by atoms with E-state index in [1.54, 1.807) is 6.07 Å². The number of nitrogens with zero attached hydrogens (tertiary/aromatic N) is 2. The molecule has 1 aromatic carbocycles. The summed E-state index contributed by atoms with van der Waals surface area (Å²) in [5.41, 5.74) is 0.775. The minimum atomic E-state index is -0.373. The lowest BCUT2D eigenvalue weighted by molar-refractivity contribution is -0.129. The zero-order valence-electron chi connectivity index (χ0n) is 15.8. The van der Waals surface area contributed by atoms with Crippen LogP contribution in [0.2, 0.25) is 0 Å². The molecular weight excluding hydrogens is 335 g/mol. The van der Waals surface area contributed by atoms with Crippen molar-refractivity contribution in [3.8, 4) is 5.75 Å². The minimum absolute atomic E-state index is 0.181. The Morgan fingerprint density at radius 2 is 2.19 bits per heavy atom. The molecule has 7 heteroatoms. The van der Waals surface area contributed by atoms with Crippen molar-refractivity contribution in [1.82, 2.24) is 15.5 Å². The van der Waals surface area contributed by atoms with Crippen LogP contribution in [0, 0.1) is 5.82 Å². The van der Waals surface area contributed by atoms with Gasteiger partial charge < -0.3 is 20.3 Å². The highest BCUT2D eigenvalue weighted by atomic mass is 19.1. The Morgan fingerprint density at radius 3 is 2.85 bits per heavy atom. The molecule has 1 atom stereocenters. The zero-order chi connectivity index (χ0) is 18.9. The van der Waals surface area contributed by atoms with E-state index in [4.69, 9.17) is 4.74 Å². The summed E-state index contributed by atoms with van der Waals surface area (Å²) in [7, 11) is 0. The molecular formula is C19H29FN4O2. The molecule has 0 radical (unpaired) electrons. The first-order valence-corrected chi connectivity index (χ1v) is 9.31. The van der Waals surface area contributed by atoms with Crippen LogP contribution in [0.4, 0.5) is 4.39 Å². The number of amides is 1. The Labute approximate surface area is 154 Å². The monoisotopic (exact) mass is 364 g/mol. The van der Waals surface area contributed by atoms with Gasteiger partial charge in [0.1, 0.15) is 0 Å². The molecule has 144 valence electrons.